The van der Waals surface area contributed by atoms with Crippen LogP contribution in [0, 0.1) is 23.2 Å². The minimum absolute atomic E-state index is 0.0549. The summed E-state index contributed by atoms with van der Waals surface area (Å²) in [4.78, 5) is 13.3. The van der Waals surface area contributed by atoms with Gasteiger partial charge >= 0.3 is 5.97 Å². The molecule has 3 heteroatoms. The summed E-state index contributed by atoms with van der Waals surface area (Å²) >= 11 is 0. The summed E-state index contributed by atoms with van der Waals surface area (Å²) in [6, 6.07) is 0. The first-order valence-corrected chi connectivity index (χ1v) is 8.73. The minimum Gasteiger partial charge on any atom is -0.480 e. The van der Waals surface area contributed by atoms with Crippen LogP contribution in [0.1, 0.15) is 65.7 Å². The van der Waals surface area contributed by atoms with Crippen LogP contribution in [0.2, 0.25) is 0 Å². The average Bonchev–Trinajstić information content (AvgIpc) is 2.31. The van der Waals surface area contributed by atoms with Crippen LogP contribution in [0.25, 0.3) is 0 Å². The Morgan fingerprint density at radius 1 is 1.10 bits per heavy atom. The number of carboxylic acids is 1. The molecule has 0 heterocycles. The lowest BCUT2D eigenvalue weighted by Crippen LogP contribution is -2.50. The zero-order valence-electron chi connectivity index (χ0n) is 13.9. The summed E-state index contributed by atoms with van der Waals surface area (Å²) in [6.07, 6.45) is 9.92. The van der Waals surface area contributed by atoms with Crippen molar-refractivity contribution >= 4 is 5.97 Å². The molecule has 0 amide bonds. The van der Waals surface area contributed by atoms with Crippen LogP contribution in [-0.2, 0) is 4.79 Å². The fraction of sp³-hybridized carbons (Fsp3) is 0.944. The van der Waals surface area contributed by atoms with Crippen molar-refractivity contribution in [1.29, 1.82) is 0 Å². The van der Waals surface area contributed by atoms with Crippen molar-refractivity contribution in [2.45, 2.75) is 71.3 Å². The second kappa shape index (κ2) is 5.26. The summed E-state index contributed by atoms with van der Waals surface area (Å²) in [5.74, 6) is 2.26. The van der Waals surface area contributed by atoms with E-state index < -0.39 is 5.97 Å². The topological polar surface area (TPSA) is 40.5 Å². The van der Waals surface area contributed by atoms with E-state index >= 15 is 0 Å². The maximum absolute atomic E-state index is 11.1. The Balaban J connectivity index is 1.64. The van der Waals surface area contributed by atoms with E-state index in [4.69, 9.17) is 5.11 Å². The zero-order valence-corrected chi connectivity index (χ0v) is 13.9. The molecule has 0 aromatic rings. The monoisotopic (exact) mass is 293 g/mol. The van der Waals surface area contributed by atoms with Gasteiger partial charge in [0.2, 0.25) is 0 Å². The van der Waals surface area contributed by atoms with E-state index in [0.717, 1.165) is 24.3 Å². The molecule has 4 saturated carbocycles. The van der Waals surface area contributed by atoms with Gasteiger partial charge in [0.1, 0.15) is 0 Å². The molecule has 21 heavy (non-hydrogen) atoms. The van der Waals surface area contributed by atoms with E-state index in [9.17, 15) is 4.79 Å². The molecule has 0 aromatic heterocycles. The highest BCUT2D eigenvalue weighted by Gasteiger charge is 2.50. The molecular weight excluding hydrogens is 262 g/mol. The predicted molar refractivity (Wildman–Crippen MR) is 84.2 cm³/mol. The Bertz CT molecular complexity index is 375. The maximum Gasteiger partial charge on any atom is 0.317 e. The molecule has 3 nitrogen and oxygen atoms in total. The van der Waals surface area contributed by atoms with Crippen molar-refractivity contribution in [3.8, 4) is 0 Å². The quantitative estimate of drug-likeness (QED) is 0.838. The van der Waals surface area contributed by atoms with Crippen LogP contribution in [0.4, 0.5) is 0 Å². The number of nitrogens with zero attached hydrogens (tertiary/aromatic N) is 1. The minimum atomic E-state index is -0.699. The van der Waals surface area contributed by atoms with Gasteiger partial charge in [0.15, 0.2) is 0 Å². The van der Waals surface area contributed by atoms with Crippen LogP contribution in [0.15, 0.2) is 0 Å². The smallest absolute Gasteiger partial charge is 0.317 e. The van der Waals surface area contributed by atoms with Crippen LogP contribution >= 0.6 is 0 Å². The van der Waals surface area contributed by atoms with E-state index in [0.29, 0.717) is 5.41 Å². The molecule has 0 saturated heterocycles. The van der Waals surface area contributed by atoms with Gasteiger partial charge in [-0.15, -0.1) is 0 Å². The van der Waals surface area contributed by atoms with Gasteiger partial charge in [-0.05, 0) is 95.4 Å². The second-order valence-electron chi connectivity index (χ2n) is 9.15. The van der Waals surface area contributed by atoms with Crippen molar-refractivity contribution in [3.05, 3.63) is 0 Å². The molecule has 0 aliphatic heterocycles. The fourth-order valence-corrected chi connectivity index (χ4v) is 5.78. The van der Waals surface area contributed by atoms with E-state index in [1.165, 1.54) is 44.9 Å². The molecule has 0 spiro atoms. The molecule has 4 rings (SSSR count). The maximum atomic E-state index is 11.1. The lowest BCUT2D eigenvalue weighted by molar-refractivity contribution is -0.140. The lowest BCUT2D eigenvalue weighted by atomic mass is 9.49. The molecule has 0 unspecified atom stereocenters. The third-order valence-electron chi connectivity index (χ3n) is 6.35. The van der Waals surface area contributed by atoms with Crippen LogP contribution in [0.3, 0.4) is 0 Å². The van der Waals surface area contributed by atoms with Gasteiger partial charge in [-0.3, -0.25) is 9.69 Å². The molecule has 4 aliphatic carbocycles. The molecular formula is C18H31NO2. The molecule has 0 atom stereocenters. The first-order chi connectivity index (χ1) is 9.76. The van der Waals surface area contributed by atoms with E-state index in [1.54, 1.807) is 0 Å². The highest BCUT2D eigenvalue weighted by Crippen LogP contribution is 2.61. The van der Waals surface area contributed by atoms with Crippen molar-refractivity contribution < 1.29 is 9.90 Å². The molecule has 0 radical (unpaired) electrons. The first-order valence-electron chi connectivity index (χ1n) is 8.73. The van der Waals surface area contributed by atoms with Gasteiger partial charge in [0, 0.05) is 5.54 Å². The lowest BCUT2D eigenvalue weighted by Gasteiger charge is -2.57. The first kappa shape index (κ1) is 15.3. The van der Waals surface area contributed by atoms with Crippen molar-refractivity contribution in [2.75, 3.05) is 13.1 Å². The van der Waals surface area contributed by atoms with Gasteiger partial charge in [-0.1, -0.05) is 0 Å². The third kappa shape index (κ3) is 3.28. The number of aliphatic carboxylic acids is 1. The van der Waals surface area contributed by atoms with Gasteiger partial charge in [-0.2, -0.15) is 0 Å². The van der Waals surface area contributed by atoms with Crippen LogP contribution in [-0.4, -0.2) is 34.6 Å². The average molecular weight is 293 g/mol. The third-order valence-corrected chi connectivity index (χ3v) is 6.35. The van der Waals surface area contributed by atoms with Crippen molar-refractivity contribution in [3.63, 3.8) is 0 Å². The van der Waals surface area contributed by atoms with E-state index in [1.807, 2.05) is 0 Å². The number of carbonyl (C=O) groups is 1. The number of hydrogen-bond acceptors (Lipinski definition) is 2. The molecule has 120 valence electrons. The summed E-state index contributed by atoms with van der Waals surface area (Å²) < 4.78 is 0. The molecule has 4 fully saturated rings. The summed E-state index contributed by atoms with van der Waals surface area (Å²) in [6.45, 7) is 7.53. The number of carboxylic acid groups (broad SMARTS) is 1. The zero-order chi connectivity index (χ0) is 15.3. The van der Waals surface area contributed by atoms with Gasteiger partial charge in [0.05, 0.1) is 6.54 Å². The Kier molecular flexibility index (Phi) is 3.84. The van der Waals surface area contributed by atoms with Crippen molar-refractivity contribution in [2.24, 2.45) is 23.2 Å². The normalized spacial score (nSPS) is 38.2. The molecule has 1 N–H and O–H groups in total. The van der Waals surface area contributed by atoms with Gasteiger partial charge < -0.3 is 5.11 Å². The highest BCUT2D eigenvalue weighted by atomic mass is 16.4. The largest absolute Gasteiger partial charge is 0.480 e. The van der Waals surface area contributed by atoms with Crippen LogP contribution < -0.4 is 0 Å². The summed E-state index contributed by atoms with van der Waals surface area (Å²) in [5.41, 5.74) is 0.497. The van der Waals surface area contributed by atoms with E-state index in [-0.39, 0.29) is 12.1 Å². The van der Waals surface area contributed by atoms with Crippen molar-refractivity contribution in [1.82, 2.24) is 4.90 Å². The predicted octanol–water partition coefficient (Wildman–Crippen LogP) is 3.78. The summed E-state index contributed by atoms with van der Waals surface area (Å²) in [7, 11) is 0. The molecule has 0 aromatic carbocycles. The molecule has 4 aliphatic rings. The summed E-state index contributed by atoms with van der Waals surface area (Å²) in [5, 5.41) is 9.17. The SMILES string of the molecule is CC(C)(C)N(CCC12CC3CC(CC(C3)C1)C2)CC(=O)O. The highest BCUT2D eigenvalue weighted by molar-refractivity contribution is 5.69. The number of rotatable bonds is 5. The van der Waals surface area contributed by atoms with Gasteiger partial charge in [-0.25, -0.2) is 0 Å². The second-order valence-corrected chi connectivity index (χ2v) is 9.15. The Labute approximate surface area is 129 Å². The Morgan fingerprint density at radius 2 is 1.57 bits per heavy atom. The number of hydrogen-bond donors (Lipinski definition) is 1. The fourth-order valence-electron chi connectivity index (χ4n) is 5.78. The standard InChI is InChI=1S/C18H31NO2/c1-17(2,3)19(12-16(20)21)5-4-18-9-13-6-14(10-18)8-15(7-13)11-18/h13-15H,4-12H2,1-3H3,(H,20,21). The molecule has 4 bridgehead atoms. The Morgan fingerprint density at radius 3 is 1.95 bits per heavy atom. The van der Waals surface area contributed by atoms with Gasteiger partial charge in [0.25, 0.3) is 0 Å². The van der Waals surface area contributed by atoms with E-state index in [2.05, 4.69) is 25.7 Å². The Hall–Kier alpha value is -0.570. The van der Waals surface area contributed by atoms with Crippen LogP contribution in [0.5, 0.6) is 0 Å².